The van der Waals surface area contributed by atoms with E-state index in [-0.39, 0.29) is 0 Å². The highest BCUT2D eigenvalue weighted by Crippen LogP contribution is 2.37. The zero-order valence-electron chi connectivity index (χ0n) is 7.21. The van der Waals surface area contributed by atoms with E-state index in [1.807, 2.05) is 0 Å². The first-order valence-electron chi connectivity index (χ1n) is 4.39. The van der Waals surface area contributed by atoms with Crippen molar-refractivity contribution in [3.63, 3.8) is 0 Å². The van der Waals surface area contributed by atoms with Crippen LogP contribution in [0.5, 0.6) is 0 Å². The monoisotopic (exact) mass is 183 g/mol. The topological polar surface area (TPSA) is 37.8 Å². The molecule has 0 saturated heterocycles. The summed E-state index contributed by atoms with van der Waals surface area (Å²) in [5.74, 6) is 0. The van der Waals surface area contributed by atoms with Crippen molar-refractivity contribution in [3.8, 4) is 0 Å². The summed E-state index contributed by atoms with van der Waals surface area (Å²) in [7, 11) is 0. The van der Waals surface area contributed by atoms with E-state index in [0.717, 1.165) is 5.13 Å². The first-order valence-corrected chi connectivity index (χ1v) is 5.17. The maximum absolute atomic E-state index is 4.13. The average molecular weight is 183 g/mol. The van der Waals surface area contributed by atoms with Crippen LogP contribution in [-0.2, 0) is 0 Å². The molecule has 1 aliphatic carbocycles. The van der Waals surface area contributed by atoms with Gasteiger partial charge in [0, 0.05) is 17.1 Å². The molecule has 66 valence electrons. The van der Waals surface area contributed by atoms with Crippen molar-refractivity contribution >= 4 is 16.7 Å². The molecule has 2 rings (SSSR count). The molecular weight excluding hydrogens is 170 g/mol. The average Bonchev–Trinajstić information content (AvgIpc) is 2.49. The van der Waals surface area contributed by atoms with Crippen LogP contribution in [0.3, 0.4) is 0 Å². The Bertz CT molecular complexity index is 235. The van der Waals surface area contributed by atoms with Crippen molar-refractivity contribution in [2.45, 2.75) is 38.1 Å². The summed E-state index contributed by atoms with van der Waals surface area (Å²) in [6.07, 6.45) is 6.70. The Morgan fingerprint density at radius 3 is 2.92 bits per heavy atom. The van der Waals surface area contributed by atoms with E-state index in [0.29, 0.717) is 5.54 Å². The Balaban J connectivity index is 2.01. The Hall–Kier alpha value is -0.640. The lowest BCUT2D eigenvalue weighted by molar-refractivity contribution is 0.269. The molecule has 1 heterocycles. The van der Waals surface area contributed by atoms with Crippen LogP contribution >= 0.6 is 11.5 Å². The van der Waals surface area contributed by atoms with E-state index in [4.69, 9.17) is 0 Å². The first kappa shape index (κ1) is 7.98. The summed E-state index contributed by atoms with van der Waals surface area (Å²) in [6, 6.07) is 0. The molecule has 1 aromatic heterocycles. The van der Waals surface area contributed by atoms with E-state index >= 15 is 0 Å². The lowest BCUT2D eigenvalue weighted by atomic mass is 9.75. The van der Waals surface area contributed by atoms with Gasteiger partial charge in [0.15, 0.2) is 0 Å². The van der Waals surface area contributed by atoms with Crippen molar-refractivity contribution in [3.05, 3.63) is 6.33 Å². The highest BCUT2D eigenvalue weighted by atomic mass is 32.1. The van der Waals surface area contributed by atoms with Gasteiger partial charge >= 0.3 is 0 Å². The molecule has 1 saturated carbocycles. The fourth-order valence-electron chi connectivity index (χ4n) is 1.63. The number of nitrogens with one attached hydrogen (secondary N) is 1. The molecule has 1 fully saturated rings. The molecule has 1 N–H and O–H groups in total. The molecule has 0 atom stereocenters. The summed E-state index contributed by atoms with van der Waals surface area (Å²) in [5.41, 5.74) is 0.347. The maximum atomic E-state index is 4.13. The largest absolute Gasteiger partial charge is 0.355 e. The highest BCUT2D eigenvalue weighted by molar-refractivity contribution is 7.09. The molecule has 0 bridgehead atoms. The summed E-state index contributed by atoms with van der Waals surface area (Å²) in [6.45, 7) is 2.23. The molecule has 0 aromatic carbocycles. The molecular formula is C8H13N3S. The van der Waals surface area contributed by atoms with E-state index in [9.17, 15) is 0 Å². The second kappa shape index (κ2) is 3.01. The van der Waals surface area contributed by atoms with Gasteiger partial charge in [0.05, 0.1) is 0 Å². The van der Waals surface area contributed by atoms with Crippen LogP contribution in [0.4, 0.5) is 5.13 Å². The molecule has 3 nitrogen and oxygen atoms in total. The Morgan fingerprint density at radius 1 is 1.67 bits per heavy atom. The van der Waals surface area contributed by atoms with Gasteiger partial charge in [-0.25, -0.2) is 4.98 Å². The van der Waals surface area contributed by atoms with Crippen molar-refractivity contribution in [1.82, 2.24) is 9.36 Å². The minimum absolute atomic E-state index is 0.347. The number of hydrogen-bond donors (Lipinski definition) is 1. The van der Waals surface area contributed by atoms with Crippen molar-refractivity contribution < 1.29 is 0 Å². The molecule has 4 heteroatoms. The number of anilines is 1. The van der Waals surface area contributed by atoms with Crippen LogP contribution in [0.1, 0.15) is 32.6 Å². The molecule has 0 amide bonds. The lowest BCUT2D eigenvalue weighted by Crippen LogP contribution is -2.44. The minimum atomic E-state index is 0.347. The number of rotatable bonds is 3. The van der Waals surface area contributed by atoms with Crippen LogP contribution < -0.4 is 5.32 Å². The minimum Gasteiger partial charge on any atom is -0.355 e. The van der Waals surface area contributed by atoms with Crippen LogP contribution in [0.25, 0.3) is 0 Å². The highest BCUT2D eigenvalue weighted by Gasteiger charge is 2.35. The molecule has 1 aliphatic rings. The fourth-order valence-corrected chi connectivity index (χ4v) is 2.18. The van der Waals surface area contributed by atoms with Crippen LogP contribution in [-0.4, -0.2) is 14.9 Å². The van der Waals surface area contributed by atoms with E-state index in [2.05, 4.69) is 21.6 Å². The lowest BCUT2D eigenvalue weighted by Gasteiger charge is -2.41. The Labute approximate surface area is 76.4 Å². The van der Waals surface area contributed by atoms with Crippen LogP contribution in [0.2, 0.25) is 0 Å². The third-order valence-electron chi connectivity index (χ3n) is 2.72. The smallest absolute Gasteiger partial charge is 0.202 e. The normalized spacial score (nSPS) is 20.1. The van der Waals surface area contributed by atoms with Gasteiger partial charge in [-0.05, 0) is 25.7 Å². The second-order valence-corrected chi connectivity index (χ2v) is 4.14. The van der Waals surface area contributed by atoms with Crippen molar-refractivity contribution in [2.75, 3.05) is 5.32 Å². The SMILES string of the molecule is CCC1(Nc2ncns2)CCC1. The van der Waals surface area contributed by atoms with Crippen LogP contribution in [0.15, 0.2) is 6.33 Å². The number of aromatic nitrogens is 2. The molecule has 0 unspecified atom stereocenters. The quantitative estimate of drug-likeness (QED) is 0.781. The summed E-state index contributed by atoms with van der Waals surface area (Å²) >= 11 is 1.44. The van der Waals surface area contributed by atoms with Gasteiger partial charge in [0.1, 0.15) is 6.33 Å². The first-order chi connectivity index (χ1) is 5.85. The van der Waals surface area contributed by atoms with E-state index < -0.39 is 0 Å². The summed E-state index contributed by atoms with van der Waals surface area (Å²) in [4.78, 5) is 4.13. The van der Waals surface area contributed by atoms with E-state index in [1.165, 1.54) is 37.2 Å². The van der Waals surface area contributed by atoms with Gasteiger partial charge in [0.2, 0.25) is 5.13 Å². The third kappa shape index (κ3) is 1.31. The predicted molar refractivity (Wildman–Crippen MR) is 50.4 cm³/mol. The van der Waals surface area contributed by atoms with Gasteiger partial charge < -0.3 is 5.32 Å². The fraction of sp³-hybridized carbons (Fsp3) is 0.750. The van der Waals surface area contributed by atoms with Gasteiger partial charge in [-0.3, -0.25) is 0 Å². The van der Waals surface area contributed by atoms with Crippen LogP contribution in [0, 0.1) is 0 Å². The Morgan fingerprint density at radius 2 is 2.50 bits per heavy atom. The maximum Gasteiger partial charge on any atom is 0.202 e. The van der Waals surface area contributed by atoms with Gasteiger partial charge in [-0.1, -0.05) is 6.92 Å². The molecule has 0 radical (unpaired) electrons. The number of nitrogens with zero attached hydrogens (tertiary/aromatic N) is 2. The van der Waals surface area contributed by atoms with Gasteiger partial charge in [-0.15, -0.1) is 0 Å². The van der Waals surface area contributed by atoms with Gasteiger partial charge in [-0.2, -0.15) is 4.37 Å². The van der Waals surface area contributed by atoms with Gasteiger partial charge in [0.25, 0.3) is 0 Å². The second-order valence-electron chi connectivity index (χ2n) is 3.36. The zero-order valence-corrected chi connectivity index (χ0v) is 8.02. The van der Waals surface area contributed by atoms with Crippen molar-refractivity contribution in [1.29, 1.82) is 0 Å². The predicted octanol–water partition coefficient (Wildman–Crippen LogP) is 2.28. The summed E-state index contributed by atoms with van der Waals surface area (Å²) < 4.78 is 3.97. The standard InChI is InChI=1S/C8H13N3S/c1-2-8(4-3-5-8)11-7-9-6-10-12-7/h6H,2-5H2,1H3,(H,9,10,11). The zero-order chi connectivity index (χ0) is 8.44. The Kier molecular flexibility index (Phi) is 2.00. The molecule has 12 heavy (non-hydrogen) atoms. The number of hydrogen-bond acceptors (Lipinski definition) is 4. The third-order valence-corrected chi connectivity index (χ3v) is 3.30. The summed E-state index contributed by atoms with van der Waals surface area (Å²) in [5, 5.41) is 4.44. The molecule has 0 aliphatic heterocycles. The molecule has 0 spiro atoms. The molecule has 1 aromatic rings. The van der Waals surface area contributed by atoms with E-state index in [1.54, 1.807) is 6.33 Å². The van der Waals surface area contributed by atoms with Crippen molar-refractivity contribution in [2.24, 2.45) is 0 Å².